The maximum absolute atomic E-state index is 11.7. The molecule has 0 saturated carbocycles. The molecule has 0 aliphatic carbocycles. The van der Waals surface area contributed by atoms with Crippen molar-refractivity contribution in [3.8, 4) is 11.5 Å². The highest BCUT2D eigenvalue weighted by molar-refractivity contribution is 5.73. The molecule has 1 unspecified atom stereocenters. The predicted octanol–water partition coefficient (Wildman–Crippen LogP) is 2.33. The predicted molar refractivity (Wildman–Crippen MR) is 103 cm³/mol. The monoisotopic (exact) mass is 372 g/mol. The Hall–Kier alpha value is -2.38. The molecule has 2 aromatic rings. The zero-order valence-corrected chi connectivity index (χ0v) is 16.0. The van der Waals surface area contributed by atoms with E-state index in [2.05, 4.69) is 15.2 Å². The molecule has 1 aliphatic heterocycles. The van der Waals surface area contributed by atoms with E-state index in [0.29, 0.717) is 25.3 Å². The van der Waals surface area contributed by atoms with E-state index in [1.165, 1.54) is 4.90 Å². The van der Waals surface area contributed by atoms with Crippen molar-refractivity contribution < 1.29 is 14.3 Å². The first-order chi connectivity index (χ1) is 13.0. The second kappa shape index (κ2) is 8.54. The third-order valence-electron chi connectivity index (χ3n) is 4.94. The lowest BCUT2D eigenvalue weighted by atomic mass is 9.95. The van der Waals surface area contributed by atoms with E-state index in [1.54, 1.807) is 20.4 Å². The molecule has 1 aromatic heterocycles. The fourth-order valence-corrected chi connectivity index (χ4v) is 3.29. The standard InChI is InChI=1S/C20H28N4O3/c1-23(2)19(25)21-15-20(26)9-6-11-24(12-10-20)13-17-14-27-18(22-17)16-7-4-3-5-8-16/h3-5,7-8,14,26H,6,9-13,15H2,1-2H3,(H,21,25). The number of oxazole rings is 1. The molecular weight excluding hydrogens is 344 g/mol. The first-order valence-corrected chi connectivity index (χ1v) is 9.35. The Morgan fingerprint density at radius 2 is 2.07 bits per heavy atom. The Balaban J connectivity index is 1.54. The number of carbonyl (C=O) groups is 1. The van der Waals surface area contributed by atoms with Crippen LogP contribution in [0.1, 0.15) is 25.0 Å². The summed E-state index contributed by atoms with van der Waals surface area (Å²) in [4.78, 5) is 20.0. The van der Waals surface area contributed by atoms with Gasteiger partial charge < -0.3 is 19.7 Å². The summed E-state index contributed by atoms with van der Waals surface area (Å²) in [5, 5.41) is 13.6. The highest BCUT2D eigenvalue weighted by Gasteiger charge is 2.31. The summed E-state index contributed by atoms with van der Waals surface area (Å²) in [7, 11) is 3.38. The number of hydrogen-bond donors (Lipinski definition) is 2. The van der Waals surface area contributed by atoms with Crippen molar-refractivity contribution in [3.05, 3.63) is 42.3 Å². The Bertz CT molecular complexity index is 747. The number of carbonyl (C=O) groups excluding carboxylic acids is 1. The van der Waals surface area contributed by atoms with E-state index in [1.807, 2.05) is 30.3 Å². The molecule has 7 heteroatoms. The summed E-state index contributed by atoms with van der Waals surface area (Å²) < 4.78 is 5.61. The van der Waals surface area contributed by atoms with Gasteiger partial charge >= 0.3 is 6.03 Å². The quantitative estimate of drug-likeness (QED) is 0.842. The fourth-order valence-electron chi connectivity index (χ4n) is 3.29. The normalized spacial score (nSPS) is 20.9. The molecule has 1 aromatic carbocycles. The van der Waals surface area contributed by atoms with Crippen LogP contribution in [-0.2, 0) is 6.54 Å². The highest BCUT2D eigenvalue weighted by Crippen LogP contribution is 2.24. The number of aliphatic hydroxyl groups is 1. The highest BCUT2D eigenvalue weighted by atomic mass is 16.3. The van der Waals surface area contributed by atoms with Gasteiger partial charge in [0.2, 0.25) is 5.89 Å². The van der Waals surface area contributed by atoms with Crippen LogP contribution in [0.4, 0.5) is 4.79 Å². The van der Waals surface area contributed by atoms with Crippen molar-refractivity contribution >= 4 is 6.03 Å². The van der Waals surface area contributed by atoms with Gasteiger partial charge in [0, 0.05) is 39.3 Å². The average Bonchev–Trinajstić information content (AvgIpc) is 3.05. The Kier molecular flexibility index (Phi) is 6.13. The molecule has 146 valence electrons. The SMILES string of the molecule is CN(C)C(=O)NCC1(O)CCCN(Cc2coc(-c3ccccc3)n2)CC1. The average molecular weight is 372 g/mol. The largest absolute Gasteiger partial charge is 0.444 e. The molecule has 2 heterocycles. The van der Waals surface area contributed by atoms with Crippen LogP contribution in [0, 0.1) is 0 Å². The summed E-state index contributed by atoms with van der Waals surface area (Å²) in [5.74, 6) is 0.628. The molecule has 1 aliphatic rings. The lowest BCUT2D eigenvalue weighted by Gasteiger charge is -2.28. The maximum atomic E-state index is 11.7. The van der Waals surface area contributed by atoms with Crippen LogP contribution in [0.3, 0.4) is 0 Å². The molecule has 7 nitrogen and oxygen atoms in total. The zero-order chi connectivity index (χ0) is 19.3. The fraction of sp³-hybridized carbons (Fsp3) is 0.500. The summed E-state index contributed by atoms with van der Waals surface area (Å²) in [6.45, 7) is 2.61. The van der Waals surface area contributed by atoms with E-state index in [0.717, 1.165) is 30.8 Å². The van der Waals surface area contributed by atoms with E-state index in [-0.39, 0.29) is 12.6 Å². The van der Waals surface area contributed by atoms with Crippen molar-refractivity contribution in [3.63, 3.8) is 0 Å². The minimum atomic E-state index is -0.862. The Morgan fingerprint density at radius 1 is 1.30 bits per heavy atom. The van der Waals surface area contributed by atoms with Gasteiger partial charge in [-0.15, -0.1) is 0 Å². The van der Waals surface area contributed by atoms with Crippen LogP contribution in [0.2, 0.25) is 0 Å². The van der Waals surface area contributed by atoms with E-state index in [4.69, 9.17) is 4.42 Å². The number of amides is 2. The first-order valence-electron chi connectivity index (χ1n) is 9.35. The van der Waals surface area contributed by atoms with E-state index in [9.17, 15) is 9.90 Å². The van der Waals surface area contributed by atoms with Crippen LogP contribution in [0.5, 0.6) is 0 Å². The molecule has 2 amide bonds. The molecule has 1 saturated heterocycles. The van der Waals surface area contributed by atoms with Gasteiger partial charge in [-0.2, -0.15) is 0 Å². The molecule has 1 fully saturated rings. The van der Waals surface area contributed by atoms with Gasteiger partial charge in [0.25, 0.3) is 0 Å². The number of benzene rings is 1. The Morgan fingerprint density at radius 3 is 2.81 bits per heavy atom. The van der Waals surface area contributed by atoms with Crippen molar-refractivity contribution in [1.29, 1.82) is 0 Å². The molecule has 3 rings (SSSR count). The van der Waals surface area contributed by atoms with Crippen LogP contribution in [0.25, 0.3) is 11.5 Å². The summed E-state index contributed by atoms with van der Waals surface area (Å²) >= 11 is 0. The number of hydrogen-bond acceptors (Lipinski definition) is 5. The third-order valence-corrected chi connectivity index (χ3v) is 4.94. The molecule has 0 spiro atoms. The number of nitrogens with zero attached hydrogens (tertiary/aromatic N) is 3. The van der Waals surface area contributed by atoms with Gasteiger partial charge in [0.05, 0.1) is 11.3 Å². The van der Waals surface area contributed by atoms with Crippen molar-refractivity contribution in [2.75, 3.05) is 33.7 Å². The second-order valence-corrected chi connectivity index (χ2v) is 7.42. The molecule has 0 radical (unpaired) electrons. The van der Waals surface area contributed by atoms with Crippen LogP contribution < -0.4 is 5.32 Å². The summed E-state index contributed by atoms with van der Waals surface area (Å²) in [6, 6.07) is 9.66. The number of urea groups is 1. The minimum Gasteiger partial charge on any atom is -0.444 e. The maximum Gasteiger partial charge on any atom is 0.316 e. The third kappa shape index (κ3) is 5.30. The molecule has 1 atom stereocenters. The van der Waals surface area contributed by atoms with Crippen LogP contribution >= 0.6 is 0 Å². The Labute approximate surface area is 160 Å². The van der Waals surface area contributed by atoms with Crippen molar-refractivity contribution in [2.45, 2.75) is 31.4 Å². The zero-order valence-electron chi connectivity index (χ0n) is 16.0. The summed E-state index contributed by atoms with van der Waals surface area (Å²) in [6.07, 6.45) is 3.86. The van der Waals surface area contributed by atoms with Crippen molar-refractivity contribution in [1.82, 2.24) is 20.1 Å². The van der Waals surface area contributed by atoms with E-state index >= 15 is 0 Å². The van der Waals surface area contributed by atoms with Crippen LogP contribution in [-0.4, -0.2) is 65.3 Å². The molecular formula is C20H28N4O3. The number of rotatable bonds is 5. The second-order valence-electron chi connectivity index (χ2n) is 7.42. The first kappa shape index (κ1) is 19.4. The van der Waals surface area contributed by atoms with Gasteiger partial charge in [-0.25, -0.2) is 9.78 Å². The number of nitrogens with one attached hydrogen (secondary N) is 1. The minimum absolute atomic E-state index is 0.180. The molecule has 2 N–H and O–H groups in total. The molecule has 27 heavy (non-hydrogen) atoms. The van der Waals surface area contributed by atoms with Gasteiger partial charge in [0.1, 0.15) is 6.26 Å². The number of aromatic nitrogens is 1. The van der Waals surface area contributed by atoms with Crippen LogP contribution in [0.15, 0.2) is 41.0 Å². The lowest BCUT2D eigenvalue weighted by molar-refractivity contribution is 0.0270. The van der Waals surface area contributed by atoms with Gasteiger partial charge in [-0.3, -0.25) is 4.90 Å². The summed E-state index contributed by atoms with van der Waals surface area (Å²) in [5.41, 5.74) is 0.991. The lowest BCUT2D eigenvalue weighted by Crippen LogP contribution is -2.46. The van der Waals surface area contributed by atoms with Gasteiger partial charge in [-0.1, -0.05) is 18.2 Å². The smallest absolute Gasteiger partial charge is 0.316 e. The van der Waals surface area contributed by atoms with Gasteiger partial charge in [0.15, 0.2) is 0 Å². The van der Waals surface area contributed by atoms with Crippen molar-refractivity contribution in [2.24, 2.45) is 0 Å². The number of likely N-dealkylation sites (tertiary alicyclic amines) is 1. The van der Waals surface area contributed by atoms with Gasteiger partial charge in [-0.05, 0) is 37.9 Å². The molecule has 0 bridgehead atoms. The topological polar surface area (TPSA) is 81.8 Å². The van der Waals surface area contributed by atoms with E-state index < -0.39 is 5.60 Å².